The predicted molar refractivity (Wildman–Crippen MR) is 68.5 cm³/mol. The number of nitrogens with zero attached hydrogens (tertiary/aromatic N) is 1. The highest BCUT2D eigenvalue weighted by molar-refractivity contribution is 7.80. The van der Waals surface area contributed by atoms with Crippen LogP contribution in [0, 0.1) is 5.82 Å². The van der Waals surface area contributed by atoms with E-state index in [1.165, 1.54) is 12.1 Å². The van der Waals surface area contributed by atoms with Crippen LogP contribution < -0.4 is 5.73 Å². The minimum absolute atomic E-state index is 0.0522. The first kappa shape index (κ1) is 12.9. The van der Waals surface area contributed by atoms with E-state index in [9.17, 15) is 9.18 Å². The zero-order valence-corrected chi connectivity index (χ0v) is 10.5. The molecule has 18 heavy (non-hydrogen) atoms. The highest BCUT2D eigenvalue weighted by Crippen LogP contribution is 2.14. The minimum atomic E-state index is -0.366. The largest absolute Gasteiger partial charge is 0.389 e. The van der Waals surface area contributed by atoms with Gasteiger partial charge in [-0.05, 0) is 18.2 Å². The van der Waals surface area contributed by atoms with Crippen molar-refractivity contribution in [3.8, 4) is 0 Å². The fourth-order valence-electron chi connectivity index (χ4n) is 1.77. The summed E-state index contributed by atoms with van der Waals surface area (Å²) in [7, 11) is 0. The van der Waals surface area contributed by atoms with Gasteiger partial charge in [-0.15, -0.1) is 0 Å². The van der Waals surface area contributed by atoms with Crippen LogP contribution >= 0.6 is 12.2 Å². The monoisotopic (exact) mass is 268 g/mol. The number of nitrogens with two attached hydrogens (primary N) is 1. The Hall–Kier alpha value is -1.53. The molecule has 2 N–H and O–H groups in total. The van der Waals surface area contributed by atoms with E-state index in [4.69, 9.17) is 22.7 Å². The lowest BCUT2D eigenvalue weighted by atomic mass is 10.1. The normalized spacial score (nSPS) is 15.8. The van der Waals surface area contributed by atoms with Crippen molar-refractivity contribution in [1.29, 1.82) is 0 Å². The number of hydrogen-bond donors (Lipinski definition) is 1. The van der Waals surface area contributed by atoms with Gasteiger partial charge in [-0.3, -0.25) is 4.79 Å². The molecule has 0 aliphatic carbocycles. The third-order valence-corrected chi connectivity index (χ3v) is 3.01. The molecular weight excluding hydrogens is 255 g/mol. The first-order valence-electron chi connectivity index (χ1n) is 5.51. The van der Waals surface area contributed by atoms with Gasteiger partial charge in [-0.2, -0.15) is 0 Å². The summed E-state index contributed by atoms with van der Waals surface area (Å²) in [4.78, 5) is 13.3. The molecule has 1 aliphatic rings. The van der Waals surface area contributed by atoms with Gasteiger partial charge in [0, 0.05) is 24.2 Å². The van der Waals surface area contributed by atoms with Gasteiger partial charge in [0.2, 0.25) is 5.91 Å². The van der Waals surface area contributed by atoms with Crippen molar-refractivity contribution in [1.82, 2.24) is 4.90 Å². The molecule has 0 atom stereocenters. The first-order chi connectivity index (χ1) is 8.58. The number of benzene rings is 1. The van der Waals surface area contributed by atoms with E-state index in [0.29, 0.717) is 24.3 Å². The van der Waals surface area contributed by atoms with Crippen LogP contribution in [0.3, 0.4) is 0 Å². The van der Waals surface area contributed by atoms with E-state index in [0.717, 1.165) is 0 Å². The molecule has 2 rings (SSSR count). The standard InChI is InChI=1S/C12H13FN2O2S/c13-10-2-1-8(12(14)18)5-9(10)6-15-3-4-17-7-11(15)16/h1-2,5H,3-4,6-7H2,(H2,14,18). The molecule has 0 bridgehead atoms. The summed E-state index contributed by atoms with van der Waals surface area (Å²) in [6.45, 7) is 1.21. The Balaban J connectivity index is 2.19. The first-order valence-corrected chi connectivity index (χ1v) is 5.92. The van der Waals surface area contributed by atoms with Gasteiger partial charge in [0.25, 0.3) is 0 Å². The molecule has 96 valence electrons. The van der Waals surface area contributed by atoms with Crippen LogP contribution in [0.1, 0.15) is 11.1 Å². The summed E-state index contributed by atoms with van der Waals surface area (Å²) in [5.41, 5.74) is 6.51. The molecule has 1 aliphatic heterocycles. The van der Waals surface area contributed by atoms with Gasteiger partial charge >= 0.3 is 0 Å². The number of carbonyl (C=O) groups excluding carboxylic acids is 1. The van der Waals surface area contributed by atoms with Crippen LogP contribution in [0.25, 0.3) is 0 Å². The molecule has 0 spiro atoms. The average molecular weight is 268 g/mol. The third-order valence-electron chi connectivity index (χ3n) is 2.78. The van der Waals surface area contributed by atoms with Crippen molar-refractivity contribution < 1.29 is 13.9 Å². The number of amides is 1. The summed E-state index contributed by atoms with van der Waals surface area (Å²) < 4.78 is 18.7. The number of carbonyl (C=O) groups is 1. The summed E-state index contributed by atoms with van der Waals surface area (Å²) in [5.74, 6) is -0.504. The molecule has 0 radical (unpaired) electrons. The third kappa shape index (κ3) is 2.83. The van der Waals surface area contributed by atoms with E-state index in [-0.39, 0.29) is 29.9 Å². The Morgan fingerprint density at radius 1 is 1.56 bits per heavy atom. The molecular formula is C12H13FN2O2S. The fourth-order valence-corrected chi connectivity index (χ4v) is 1.90. The predicted octanol–water partition coefficient (Wildman–Crippen LogP) is 0.819. The minimum Gasteiger partial charge on any atom is -0.389 e. The topological polar surface area (TPSA) is 55.6 Å². The molecule has 1 saturated heterocycles. The van der Waals surface area contributed by atoms with Crippen LogP contribution in [0.2, 0.25) is 0 Å². The number of rotatable bonds is 3. The lowest BCUT2D eigenvalue weighted by Crippen LogP contribution is -2.41. The molecule has 1 aromatic rings. The van der Waals surface area contributed by atoms with E-state index in [1.807, 2.05) is 0 Å². The maximum Gasteiger partial charge on any atom is 0.248 e. The molecule has 6 heteroatoms. The number of ether oxygens (including phenoxy) is 1. The molecule has 0 aromatic heterocycles. The highest BCUT2D eigenvalue weighted by Gasteiger charge is 2.20. The second-order valence-corrected chi connectivity index (χ2v) is 4.48. The number of thiocarbonyl (C=S) groups is 1. The van der Waals surface area contributed by atoms with Crippen LogP contribution in [-0.2, 0) is 16.1 Å². The van der Waals surface area contributed by atoms with Gasteiger partial charge < -0.3 is 15.4 Å². The zero-order valence-electron chi connectivity index (χ0n) is 9.69. The van der Waals surface area contributed by atoms with Crippen molar-refractivity contribution in [3.05, 3.63) is 35.1 Å². The van der Waals surface area contributed by atoms with Crippen LogP contribution in [-0.4, -0.2) is 35.6 Å². The van der Waals surface area contributed by atoms with E-state index < -0.39 is 0 Å². The van der Waals surface area contributed by atoms with Gasteiger partial charge in [0.1, 0.15) is 17.4 Å². The molecule has 1 aromatic carbocycles. The van der Waals surface area contributed by atoms with Gasteiger partial charge in [0.15, 0.2) is 0 Å². The maximum atomic E-state index is 13.7. The summed E-state index contributed by atoms with van der Waals surface area (Å²) in [6, 6.07) is 4.43. The molecule has 1 heterocycles. The van der Waals surface area contributed by atoms with Crippen LogP contribution in [0.15, 0.2) is 18.2 Å². The maximum absolute atomic E-state index is 13.7. The Morgan fingerprint density at radius 3 is 3.00 bits per heavy atom. The summed E-state index contributed by atoms with van der Waals surface area (Å²) in [6.07, 6.45) is 0. The Morgan fingerprint density at radius 2 is 2.33 bits per heavy atom. The second kappa shape index (κ2) is 5.41. The second-order valence-electron chi connectivity index (χ2n) is 4.04. The van der Waals surface area contributed by atoms with Gasteiger partial charge in [0.05, 0.1) is 6.61 Å². The molecule has 1 fully saturated rings. The van der Waals surface area contributed by atoms with Crippen molar-refractivity contribution in [3.63, 3.8) is 0 Å². The molecule has 1 amide bonds. The molecule has 0 saturated carbocycles. The van der Waals surface area contributed by atoms with Gasteiger partial charge in [-0.25, -0.2) is 4.39 Å². The van der Waals surface area contributed by atoms with E-state index in [2.05, 4.69) is 0 Å². The highest BCUT2D eigenvalue weighted by atomic mass is 32.1. The Labute approximate surface area is 110 Å². The lowest BCUT2D eigenvalue weighted by Gasteiger charge is -2.27. The smallest absolute Gasteiger partial charge is 0.248 e. The van der Waals surface area contributed by atoms with Crippen LogP contribution in [0.4, 0.5) is 4.39 Å². The van der Waals surface area contributed by atoms with Crippen molar-refractivity contribution >= 4 is 23.1 Å². The summed E-state index contributed by atoms with van der Waals surface area (Å²) >= 11 is 4.85. The van der Waals surface area contributed by atoms with Crippen molar-refractivity contribution in [2.75, 3.05) is 19.8 Å². The molecule has 0 unspecified atom stereocenters. The fraction of sp³-hybridized carbons (Fsp3) is 0.333. The quantitative estimate of drug-likeness (QED) is 0.825. The van der Waals surface area contributed by atoms with Gasteiger partial charge in [-0.1, -0.05) is 12.2 Å². The van der Waals surface area contributed by atoms with Crippen molar-refractivity contribution in [2.24, 2.45) is 5.73 Å². The Kier molecular flexibility index (Phi) is 3.88. The lowest BCUT2D eigenvalue weighted by molar-refractivity contribution is -0.143. The Bertz CT molecular complexity index is 493. The molecule has 4 nitrogen and oxygen atoms in total. The SMILES string of the molecule is NC(=S)c1ccc(F)c(CN2CCOCC2=O)c1. The number of morpholine rings is 1. The average Bonchev–Trinajstić information content (AvgIpc) is 2.34. The van der Waals surface area contributed by atoms with E-state index in [1.54, 1.807) is 11.0 Å². The van der Waals surface area contributed by atoms with Crippen LogP contribution in [0.5, 0.6) is 0 Å². The zero-order chi connectivity index (χ0) is 13.1. The van der Waals surface area contributed by atoms with E-state index >= 15 is 0 Å². The summed E-state index contributed by atoms with van der Waals surface area (Å²) in [5, 5.41) is 0. The van der Waals surface area contributed by atoms with Crippen molar-refractivity contribution in [2.45, 2.75) is 6.54 Å². The number of halogens is 1. The number of hydrogen-bond acceptors (Lipinski definition) is 3.